The second-order valence-electron chi connectivity index (χ2n) is 4.48. The lowest BCUT2D eigenvalue weighted by atomic mass is 10.0. The van der Waals surface area contributed by atoms with Gasteiger partial charge < -0.3 is 10.5 Å². The molecule has 1 saturated carbocycles. The number of rotatable bonds is 4. The maximum Gasteiger partial charge on any atom is 0.119 e. The fraction of sp³-hybridized carbons (Fsp3) is 0.429. The van der Waals surface area contributed by atoms with Crippen LogP contribution in [0, 0.1) is 5.92 Å². The number of methoxy groups -OCH3 is 1. The van der Waals surface area contributed by atoms with Gasteiger partial charge in [-0.15, -0.1) is 0 Å². The van der Waals surface area contributed by atoms with Crippen LogP contribution in [0.1, 0.15) is 36.9 Å². The van der Waals surface area contributed by atoms with Gasteiger partial charge in [0.15, 0.2) is 0 Å². The Balaban J connectivity index is 2.27. The summed E-state index contributed by atoms with van der Waals surface area (Å²) in [5, 5.41) is 0. The van der Waals surface area contributed by atoms with Crippen LogP contribution in [0.4, 0.5) is 0 Å². The minimum absolute atomic E-state index is 0.0361. The molecule has 2 rings (SSSR count). The van der Waals surface area contributed by atoms with Gasteiger partial charge in [-0.05, 0) is 48.9 Å². The molecule has 2 nitrogen and oxygen atoms in total. The van der Waals surface area contributed by atoms with Crippen molar-refractivity contribution in [2.24, 2.45) is 11.7 Å². The Bertz CT molecular complexity index is 392. The van der Waals surface area contributed by atoms with Gasteiger partial charge in [-0.3, -0.25) is 0 Å². The molecule has 1 aliphatic carbocycles. The first-order valence-corrected chi connectivity index (χ1v) is 5.82. The van der Waals surface area contributed by atoms with E-state index in [-0.39, 0.29) is 6.04 Å². The molecule has 16 heavy (non-hydrogen) atoms. The smallest absolute Gasteiger partial charge is 0.119 e. The Kier molecular flexibility index (Phi) is 3.30. The number of nitrogens with two attached hydrogens (primary N) is 1. The molecule has 86 valence electrons. The molecule has 0 amide bonds. The SMILES string of the molecule is COc1ccc(/C=C/C2CC2)c([C@H](C)N)c1. The van der Waals surface area contributed by atoms with Crippen molar-refractivity contribution in [3.8, 4) is 5.75 Å². The van der Waals surface area contributed by atoms with Gasteiger partial charge in [-0.1, -0.05) is 18.2 Å². The van der Waals surface area contributed by atoms with Gasteiger partial charge in [0.05, 0.1) is 7.11 Å². The summed E-state index contributed by atoms with van der Waals surface area (Å²) >= 11 is 0. The lowest BCUT2D eigenvalue weighted by Gasteiger charge is -2.11. The van der Waals surface area contributed by atoms with E-state index in [1.54, 1.807) is 7.11 Å². The highest BCUT2D eigenvalue weighted by Crippen LogP contribution is 2.32. The van der Waals surface area contributed by atoms with E-state index in [0.717, 1.165) is 17.2 Å². The maximum absolute atomic E-state index is 5.97. The largest absolute Gasteiger partial charge is 0.497 e. The summed E-state index contributed by atoms with van der Waals surface area (Å²) in [5.74, 6) is 1.67. The zero-order valence-corrected chi connectivity index (χ0v) is 9.94. The molecule has 0 spiro atoms. The summed E-state index contributed by atoms with van der Waals surface area (Å²) in [6.07, 6.45) is 7.14. The molecule has 1 atom stereocenters. The van der Waals surface area contributed by atoms with Crippen LogP contribution in [0.2, 0.25) is 0 Å². The average molecular weight is 217 g/mol. The lowest BCUT2D eigenvalue weighted by molar-refractivity contribution is 0.414. The standard InChI is InChI=1S/C14H19NO/c1-10(15)14-9-13(16-2)8-7-12(14)6-5-11-3-4-11/h5-11H,3-4,15H2,1-2H3/b6-5+/t10-/m0/s1. The van der Waals surface area contributed by atoms with Gasteiger partial charge in [-0.25, -0.2) is 0 Å². The van der Waals surface area contributed by atoms with Crippen LogP contribution in [-0.4, -0.2) is 7.11 Å². The van der Waals surface area contributed by atoms with E-state index in [1.165, 1.54) is 18.4 Å². The summed E-state index contributed by atoms with van der Waals surface area (Å²) in [4.78, 5) is 0. The van der Waals surface area contributed by atoms with Gasteiger partial charge in [0, 0.05) is 6.04 Å². The number of benzene rings is 1. The summed E-state index contributed by atoms with van der Waals surface area (Å²) in [6, 6.07) is 6.13. The Hall–Kier alpha value is -1.28. The van der Waals surface area contributed by atoms with E-state index in [9.17, 15) is 0 Å². The molecular formula is C14H19NO. The van der Waals surface area contributed by atoms with E-state index >= 15 is 0 Å². The second kappa shape index (κ2) is 4.71. The van der Waals surface area contributed by atoms with Crippen molar-refractivity contribution in [3.05, 3.63) is 35.4 Å². The van der Waals surface area contributed by atoms with E-state index in [1.807, 2.05) is 19.1 Å². The first kappa shape index (κ1) is 11.2. The van der Waals surface area contributed by atoms with Crippen molar-refractivity contribution in [3.63, 3.8) is 0 Å². The third-order valence-electron chi connectivity index (χ3n) is 2.95. The highest BCUT2D eigenvalue weighted by atomic mass is 16.5. The summed E-state index contributed by atoms with van der Waals surface area (Å²) < 4.78 is 5.22. The molecule has 0 aromatic heterocycles. The highest BCUT2D eigenvalue weighted by Gasteiger charge is 2.17. The van der Waals surface area contributed by atoms with E-state index in [2.05, 4.69) is 18.2 Å². The Morgan fingerprint density at radius 3 is 2.75 bits per heavy atom. The summed E-state index contributed by atoms with van der Waals surface area (Å²) in [5.41, 5.74) is 8.33. The van der Waals surface area contributed by atoms with Crippen LogP contribution < -0.4 is 10.5 Å². The third-order valence-corrected chi connectivity index (χ3v) is 2.95. The first-order valence-electron chi connectivity index (χ1n) is 5.82. The van der Waals surface area contributed by atoms with Crippen LogP contribution in [0.15, 0.2) is 24.3 Å². The predicted molar refractivity (Wildman–Crippen MR) is 67.4 cm³/mol. The minimum Gasteiger partial charge on any atom is -0.497 e. The first-order chi connectivity index (χ1) is 7.70. The Morgan fingerprint density at radius 2 is 2.19 bits per heavy atom. The molecule has 0 heterocycles. The number of hydrogen-bond acceptors (Lipinski definition) is 2. The van der Waals surface area contributed by atoms with Crippen molar-refractivity contribution in [2.75, 3.05) is 7.11 Å². The molecule has 1 fully saturated rings. The van der Waals surface area contributed by atoms with Crippen LogP contribution in [0.25, 0.3) is 6.08 Å². The maximum atomic E-state index is 5.97. The van der Waals surface area contributed by atoms with Crippen LogP contribution in [0.3, 0.4) is 0 Å². The molecule has 1 aliphatic rings. The minimum atomic E-state index is 0.0361. The topological polar surface area (TPSA) is 35.2 Å². The molecule has 0 aliphatic heterocycles. The number of hydrogen-bond donors (Lipinski definition) is 1. The van der Waals surface area contributed by atoms with Gasteiger partial charge in [0.2, 0.25) is 0 Å². The molecule has 0 unspecified atom stereocenters. The Labute approximate surface area is 97.1 Å². The van der Waals surface area contributed by atoms with Gasteiger partial charge in [-0.2, -0.15) is 0 Å². The molecule has 1 aromatic rings. The van der Waals surface area contributed by atoms with E-state index in [4.69, 9.17) is 10.5 Å². The zero-order chi connectivity index (χ0) is 11.5. The molecule has 0 saturated heterocycles. The normalized spacial score (nSPS) is 17.7. The van der Waals surface area contributed by atoms with Gasteiger partial charge in [0.1, 0.15) is 5.75 Å². The number of ether oxygens (including phenoxy) is 1. The molecule has 1 aromatic carbocycles. The molecular weight excluding hydrogens is 198 g/mol. The van der Waals surface area contributed by atoms with Crippen LogP contribution in [0.5, 0.6) is 5.75 Å². The lowest BCUT2D eigenvalue weighted by Crippen LogP contribution is -2.07. The van der Waals surface area contributed by atoms with Crippen molar-refractivity contribution < 1.29 is 4.74 Å². The van der Waals surface area contributed by atoms with Crippen molar-refractivity contribution >= 4 is 6.08 Å². The predicted octanol–water partition coefficient (Wildman–Crippen LogP) is 3.14. The molecule has 2 N–H and O–H groups in total. The van der Waals surface area contributed by atoms with Crippen LogP contribution >= 0.6 is 0 Å². The van der Waals surface area contributed by atoms with E-state index < -0.39 is 0 Å². The molecule has 2 heteroatoms. The van der Waals surface area contributed by atoms with Gasteiger partial charge >= 0.3 is 0 Å². The fourth-order valence-corrected chi connectivity index (χ4v) is 1.75. The summed E-state index contributed by atoms with van der Waals surface area (Å²) in [7, 11) is 1.68. The number of allylic oxidation sites excluding steroid dienone is 1. The quantitative estimate of drug-likeness (QED) is 0.841. The monoisotopic (exact) mass is 217 g/mol. The summed E-state index contributed by atoms with van der Waals surface area (Å²) in [6.45, 7) is 2.00. The second-order valence-corrected chi connectivity index (χ2v) is 4.48. The van der Waals surface area contributed by atoms with Crippen LogP contribution in [-0.2, 0) is 0 Å². The highest BCUT2D eigenvalue weighted by molar-refractivity contribution is 5.57. The van der Waals surface area contributed by atoms with Crippen molar-refractivity contribution in [1.29, 1.82) is 0 Å². The fourth-order valence-electron chi connectivity index (χ4n) is 1.75. The Morgan fingerprint density at radius 1 is 1.44 bits per heavy atom. The van der Waals surface area contributed by atoms with Crippen molar-refractivity contribution in [1.82, 2.24) is 0 Å². The van der Waals surface area contributed by atoms with E-state index in [0.29, 0.717) is 0 Å². The third kappa shape index (κ3) is 2.64. The molecule has 0 radical (unpaired) electrons. The molecule has 0 bridgehead atoms. The zero-order valence-electron chi connectivity index (χ0n) is 9.94. The van der Waals surface area contributed by atoms with Gasteiger partial charge in [0.25, 0.3) is 0 Å². The van der Waals surface area contributed by atoms with Crippen molar-refractivity contribution in [2.45, 2.75) is 25.8 Å². The average Bonchev–Trinajstić information content (AvgIpc) is 3.09.